The summed E-state index contributed by atoms with van der Waals surface area (Å²) in [6.07, 6.45) is 2.51. The summed E-state index contributed by atoms with van der Waals surface area (Å²) in [5, 5.41) is 9.69. The average molecular weight is 283 g/mol. The van der Waals surface area contributed by atoms with E-state index in [0.29, 0.717) is 5.92 Å². The molecule has 0 spiro atoms. The summed E-state index contributed by atoms with van der Waals surface area (Å²) in [4.78, 5) is 10.8. The molecule has 0 bridgehead atoms. The molecule has 1 aliphatic carbocycles. The van der Waals surface area contributed by atoms with Crippen LogP contribution < -0.4 is 4.74 Å². The van der Waals surface area contributed by atoms with Crippen LogP contribution in [0.5, 0.6) is 5.75 Å². The molecule has 4 heteroatoms. The SMILES string of the molecule is COc1cc(C)c(Cl)c(C)c1CCC1CC1C(=O)O. The Labute approximate surface area is 118 Å². The second-order valence-electron chi connectivity index (χ2n) is 5.29. The first-order valence-electron chi connectivity index (χ1n) is 6.51. The van der Waals surface area contributed by atoms with Crippen LogP contribution in [-0.4, -0.2) is 18.2 Å². The maximum atomic E-state index is 10.8. The van der Waals surface area contributed by atoms with Gasteiger partial charge < -0.3 is 9.84 Å². The van der Waals surface area contributed by atoms with Crippen molar-refractivity contribution in [2.75, 3.05) is 7.11 Å². The Balaban J connectivity index is 2.12. The van der Waals surface area contributed by atoms with Gasteiger partial charge in [0.05, 0.1) is 13.0 Å². The lowest BCUT2D eigenvalue weighted by Gasteiger charge is -2.15. The zero-order chi connectivity index (χ0) is 14.2. The smallest absolute Gasteiger partial charge is 0.306 e. The van der Waals surface area contributed by atoms with Gasteiger partial charge in [0.1, 0.15) is 5.75 Å². The van der Waals surface area contributed by atoms with E-state index in [2.05, 4.69) is 0 Å². The van der Waals surface area contributed by atoms with Crippen LogP contribution in [-0.2, 0) is 11.2 Å². The second kappa shape index (κ2) is 5.41. The molecule has 2 unspecified atom stereocenters. The lowest BCUT2D eigenvalue weighted by Crippen LogP contribution is -2.02. The standard InChI is InChI=1S/C15H19ClO3/c1-8-6-13(19-3)11(9(2)14(8)16)5-4-10-7-12(10)15(17)18/h6,10,12H,4-5,7H2,1-3H3,(H,17,18). The molecular formula is C15H19ClO3. The minimum atomic E-state index is -0.671. The van der Waals surface area contributed by atoms with E-state index in [9.17, 15) is 4.79 Å². The van der Waals surface area contributed by atoms with Gasteiger partial charge in [-0.2, -0.15) is 0 Å². The van der Waals surface area contributed by atoms with E-state index in [1.807, 2.05) is 19.9 Å². The highest BCUT2D eigenvalue weighted by Crippen LogP contribution is 2.43. The maximum absolute atomic E-state index is 10.8. The summed E-state index contributed by atoms with van der Waals surface area (Å²) in [6, 6.07) is 1.95. The van der Waals surface area contributed by atoms with Gasteiger partial charge in [0.25, 0.3) is 0 Å². The Morgan fingerprint density at radius 3 is 2.74 bits per heavy atom. The Kier molecular flexibility index (Phi) is 4.04. The molecule has 1 saturated carbocycles. The summed E-state index contributed by atoms with van der Waals surface area (Å²) in [6.45, 7) is 3.96. The molecule has 3 nitrogen and oxygen atoms in total. The van der Waals surface area contributed by atoms with Crippen molar-refractivity contribution in [2.45, 2.75) is 33.1 Å². The van der Waals surface area contributed by atoms with Crippen LogP contribution in [0.4, 0.5) is 0 Å². The summed E-state index contributed by atoms with van der Waals surface area (Å²) >= 11 is 6.27. The Morgan fingerprint density at radius 2 is 2.21 bits per heavy atom. The lowest BCUT2D eigenvalue weighted by atomic mass is 9.98. The number of carbonyl (C=O) groups is 1. The average Bonchev–Trinajstić information content (AvgIpc) is 3.14. The zero-order valence-electron chi connectivity index (χ0n) is 11.5. The number of methoxy groups -OCH3 is 1. The van der Waals surface area contributed by atoms with Crippen molar-refractivity contribution in [1.29, 1.82) is 0 Å². The zero-order valence-corrected chi connectivity index (χ0v) is 12.3. The van der Waals surface area contributed by atoms with Crippen LogP contribution >= 0.6 is 11.6 Å². The third kappa shape index (κ3) is 2.86. The molecule has 1 aliphatic rings. The Hall–Kier alpha value is -1.22. The molecule has 0 aliphatic heterocycles. The van der Waals surface area contributed by atoms with Crippen molar-refractivity contribution in [3.63, 3.8) is 0 Å². The van der Waals surface area contributed by atoms with Crippen molar-refractivity contribution < 1.29 is 14.6 Å². The van der Waals surface area contributed by atoms with Crippen molar-refractivity contribution in [3.8, 4) is 5.75 Å². The van der Waals surface area contributed by atoms with Crippen molar-refractivity contribution in [3.05, 3.63) is 27.8 Å². The number of benzene rings is 1. The van der Waals surface area contributed by atoms with Gasteiger partial charge in [-0.15, -0.1) is 0 Å². The number of rotatable bonds is 5. The van der Waals surface area contributed by atoms with Gasteiger partial charge in [-0.25, -0.2) is 0 Å². The van der Waals surface area contributed by atoms with E-state index in [0.717, 1.165) is 46.7 Å². The molecule has 0 aromatic heterocycles. The molecular weight excluding hydrogens is 264 g/mol. The first-order valence-corrected chi connectivity index (χ1v) is 6.88. The van der Waals surface area contributed by atoms with Crippen molar-refractivity contribution in [1.82, 2.24) is 0 Å². The number of halogens is 1. The number of hydrogen-bond acceptors (Lipinski definition) is 2. The first kappa shape index (κ1) is 14.2. The lowest BCUT2D eigenvalue weighted by molar-refractivity contribution is -0.138. The number of carboxylic acid groups (broad SMARTS) is 1. The van der Waals surface area contributed by atoms with E-state index < -0.39 is 5.97 Å². The summed E-state index contributed by atoms with van der Waals surface area (Å²) in [5.41, 5.74) is 3.16. The van der Waals surface area contributed by atoms with Crippen LogP contribution in [0.2, 0.25) is 5.02 Å². The highest BCUT2D eigenvalue weighted by atomic mass is 35.5. The number of ether oxygens (including phenoxy) is 1. The highest BCUT2D eigenvalue weighted by molar-refractivity contribution is 6.32. The monoisotopic (exact) mass is 282 g/mol. The van der Waals surface area contributed by atoms with Crippen LogP contribution in [0.3, 0.4) is 0 Å². The number of carboxylic acids is 1. The van der Waals surface area contributed by atoms with Crippen LogP contribution in [0.15, 0.2) is 6.07 Å². The minimum absolute atomic E-state index is 0.146. The van der Waals surface area contributed by atoms with E-state index in [1.165, 1.54) is 0 Å². The minimum Gasteiger partial charge on any atom is -0.496 e. The van der Waals surface area contributed by atoms with E-state index in [4.69, 9.17) is 21.4 Å². The maximum Gasteiger partial charge on any atom is 0.306 e. The second-order valence-corrected chi connectivity index (χ2v) is 5.67. The van der Waals surface area contributed by atoms with E-state index >= 15 is 0 Å². The fraction of sp³-hybridized carbons (Fsp3) is 0.533. The third-order valence-corrected chi connectivity index (χ3v) is 4.58. The van der Waals surface area contributed by atoms with E-state index in [-0.39, 0.29) is 5.92 Å². The fourth-order valence-corrected chi connectivity index (χ4v) is 2.82. The van der Waals surface area contributed by atoms with Crippen LogP contribution in [0.1, 0.15) is 29.5 Å². The number of aryl methyl sites for hydroxylation is 1. The van der Waals surface area contributed by atoms with Gasteiger partial charge in [0.15, 0.2) is 0 Å². The highest BCUT2D eigenvalue weighted by Gasteiger charge is 2.42. The third-order valence-electron chi connectivity index (χ3n) is 4.00. The predicted octanol–water partition coefficient (Wildman–Crippen LogP) is 3.62. The van der Waals surface area contributed by atoms with Gasteiger partial charge in [-0.1, -0.05) is 11.6 Å². The number of aliphatic carboxylic acids is 1. The molecule has 1 aromatic carbocycles. The molecule has 1 N–H and O–H groups in total. The van der Waals surface area contributed by atoms with Gasteiger partial charge in [0.2, 0.25) is 0 Å². The topological polar surface area (TPSA) is 46.5 Å². The number of hydrogen-bond donors (Lipinski definition) is 1. The largest absolute Gasteiger partial charge is 0.496 e. The van der Waals surface area contributed by atoms with Crippen molar-refractivity contribution in [2.24, 2.45) is 11.8 Å². The van der Waals surface area contributed by atoms with Gasteiger partial charge >= 0.3 is 5.97 Å². The summed E-state index contributed by atoms with van der Waals surface area (Å²) in [5.74, 6) is 0.344. The van der Waals surface area contributed by atoms with Gasteiger partial charge in [0, 0.05) is 5.02 Å². The molecule has 2 rings (SSSR count). The quantitative estimate of drug-likeness (QED) is 0.897. The molecule has 0 heterocycles. The summed E-state index contributed by atoms with van der Waals surface area (Å²) < 4.78 is 5.41. The molecule has 19 heavy (non-hydrogen) atoms. The summed E-state index contributed by atoms with van der Waals surface area (Å²) in [7, 11) is 1.66. The first-order chi connectivity index (χ1) is 8.95. The molecule has 0 amide bonds. The predicted molar refractivity (Wildman–Crippen MR) is 75.0 cm³/mol. The van der Waals surface area contributed by atoms with Crippen LogP contribution in [0, 0.1) is 25.7 Å². The fourth-order valence-electron chi connectivity index (χ4n) is 2.65. The Morgan fingerprint density at radius 1 is 1.53 bits per heavy atom. The van der Waals surface area contributed by atoms with Gasteiger partial charge in [-0.3, -0.25) is 4.79 Å². The molecule has 2 atom stereocenters. The molecule has 104 valence electrons. The molecule has 0 radical (unpaired) electrons. The van der Waals surface area contributed by atoms with E-state index in [1.54, 1.807) is 7.11 Å². The van der Waals surface area contributed by atoms with Crippen molar-refractivity contribution >= 4 is 17.6 Å². The normalized spacial score (nSPS) is 21.3. The van der Waals surface area contributed by atoms with Gasteiger partial charge in [-0.05, 0) is 61.8 Å². The molecule has 1 aromatic rings. The Bertz CT molecular complexity index is 511. The molecule has 0 saturated heterocycles. The molecule has 1 fully saturated rings. The van der Waals surface area contributed by atoms with Crippen LogP contribution in [0.25, 0.3) is 0 Å².